The molecule has 0 bridgehead atoms. The molecule has 0 saturated heterocycles. The smallest absolute Gasteiger partial charge is 0.248 e. The molecule has 0 spiro atoms. The molecule has 17 heavy (non-hydrogen) atoms. The van der Waals surface area contributed by atoms with Crippen molar-refractivity contribution in [1.29, 1.82) is 0 Å². The van der Waals surface area contributed by atoms with Crippen molar-refractivity contribution in [3.05, 3.63) is 16.9 Å². The molecule has 0 fully saturated rings. The predicted molar refractivity (Wildman–Crippen MR) is 68.1 cm³/mol. The number of carbonyl (C=O) groups excluding carboxylic acids is 1. The molecule has 98 valence electrons. The topological polar surface area (TPSA) is 81.4 Å². The zero-order chi connectivity index (χ0) is 13.3. The van der Waals surface area contributed by atoms with E-state index in [9.17, 15) is 10.0 Å². The van der Waals surface area contributed by atoms with E-state index < -0.39 is 11.1 Å². The quantitative estimate of drug-likeness (QED) is 0.710. The van der Waals surface area contributed by atoms with Gasteiger partial charge in [0, 0.05) is 23.2 Å². The lowest BCUT2D eigenvalue weighted by Crippen LogP contribution is -2.48. The first-order chi connectivity index (χ1) is 7.73. The van der Waals surface area contributed by atoms with Gasteiger partial charge in [0.15, 0.2) is 0 Å². The van der Waals surface area contributed by atoms with Gasteiger partial charge in [0.2, 0.25) is 5.91 Å². The molecule has 3 N–H and O–H groups in total. The summed E-state index contributed by atoms with van der Waals surface area (Å²) in [4.78, 5) is 12.0. The highest BCUT2D eigenvalue weighted by molar-refractivity contribution is 5.96. The molecule has 0 aromatic rings. The van der Waals surface area contributed by atoms with Crippen molar-refractivity contribution in [3.63, 3.8) is 0 Å². The summed E-state index contributed by atoms with van der Waals surface area (Å²) in [6.45, 7) is 8.24. The number of hydroxylamine groups is 2. The Morgan fingerprint density at radius 1 is 1.47 bits per heavy atom. The Balaban J connectivity index is 2.79. The van der Waals surface area contributed by atoms with E-state index in [-0.39, 0.29) is 5.91 Å². The Morgan fingerprint density at radius 3 is 2.47 bits per heavy atom. The Hall–Kier alpha value is -0.910. The maximum Gasteiger partial charge on any atom is 0.248 e. The van der Waals surface area contributed by atoms with Crippen molar-refractivity contribution < 1.29 is 4.79 Å². The van der Waals surface area contributed by atoms with E-state index in [1.165, 1.54) is 0 Å². The lowest BCUT2D eigenvalue weighted by Gasteiger charge is -2.47. The van der Waals surface area contributed by atoms with Gasteiger partial charge in [-0.05, 0) is 40.7 Å². The molecule has 5 nitrogen and oxygen atoms in total. The average molecular weight is 240 g/mol. The summed E-state index contributed by atoms with van der Waals surface area (Å²) < 4.78 is 0. The van der Waals surface area contributed by atoms with Crippen molar-refractivity contribution in [3.8, 4) is 0 Å². The highest BCUT2D eigenvalue weighted by Crippen LogP contribution is 2.38. The van der Waals surface area contributed by atoms with Gasteiger partial charge in [-0.2, -0.15) is 0 Å². The zero-order valence-corrected chi connectivity index (χ0v) is 11.0. The van der Waals surface area contributed by atoms with E-state index in [0.29, 0.717) is 18.7 Å². The van der Waals surface area contributed by atoms with E-state index >= 15 is 0 Å². The molecule has 0 unspecified atom stereocenters. The van der Waals surface area contributed by atoms with Crippen molar-refractivity contribution in [2.75, 3.05) is 13.1 Å². The minimum atomic E-state index is -0.781. The number of nitrogens with one attached hydrogen (secondary N) is 1. The van der Waals surface area contributed by atoms with Gasteiger partial charge in [-0.25, -0.2) is 0 Å². The van der Waals surface area contributed by atoms with Crippen LogP contribution in [0.15, 0.2) is 11.6 Å². The summed E-state index contributed by atoms with van der Waals surface area (Å²) in [5.74, 6) is -0.171. The molecule has 1 aliphatic heterocycles. The number of nitrogens with two attached hydrogens (primary N) is 1. The lowest BCUT2D eigenvalue weighted by molar-refractivity contribution is -0.118. The fourth-order valence-corrected chi connectivity index (χ4v) is 2.16. The monoisotopic (exact) mass is 240 g/mol. The molecule has 0 atom stereocenters. The molecular weight excluding hydrogens is 218 g/mol. The van der Waals surface area contributed by atoms with Crippen molar-refractivity contribution in [2.45, 2.75) is 45.2 Å². The largest absolute Gasteiger partial charge is 0.784 e. The lowest BCUT2D eigenvalue weighted by atomic mass is 9.96. The first kappa shape index (κ1) is 14.2. The number of hydrogen-bond donors (Lipinski definition) is 2. The van der Waals surface area contributed by atoms with Gasteiger partial charge in [0.05, 0.1) is 0 Å². The Kier molecular flexibility index (Phi) is 3.96. The second-order valence-electron chi connectivity index (χ2n) is 5.46. The summed E-state index contributed by atoms with van der Waals surface area (Å²) in [6, 6.07) is 0. The van der Waals surface area contributed by atoms with E-state index in [2.05, 4.69) is 5.32 Å². The third kappa shape index (κ3) is 2.68. The summed E-state index contributed by atoms with van der Waals surface area (Å²) in [5, 5.41) is 15.8. The Labute approximate surface area is 103 Å². The van der Waals surface area contributed by atoms with E-state index in [0.717, 1.165) is 11.5 Å². The average Bonchev–Trinajstić information content (AvgIpc) is 2.39. The molecule has 0 aromatic carbocycles. The second kappa shape index (κ2) is 4.76. The zero-order valence-electron chi connectivity index (χ0n) is 11.0. The van der Waals surface area contributed by atoms with Crippen LogP contribution in [0.1, 0.15) is 34.1 Å². The van der Waals surface area contributed by atoms with Crippen LogP contribution < -0.4 is 11.1 Å². The van der Waals surface area contributed by atoms with Crippen LogP contribution in [-0.4, -0.2) is 35.1 Å². The molecule has 1 aliphatic rings. The standard InChI is InChI=1S/C12H22N3O2/c1-11(2)8-9(12(3,4)15(11)17)10(16)14-7-5-6-13/h8H,5-7,13H2,1-4H3,(H,14,16)/q-1. The minimum absolute atomic E-state index is 0.171. The number of nitrogens with zero attached hydrogens (tertiary/aromatic N) is 1. The molecule has 0 aliphatic carbocycles. The molecule has 0 aromatic heterocycles. The molecular formula is C12H22N3O2-. The van der Waals surface area contributed by atoms with Crippen LogP contribution in [0.25, 0.3) is 0 Å². The highest BCUT2D eigenvalue weighted by Gasteiger charge is 2.42. The van der Waals surface area contributed by atoms with Crippen LogP contribution in [0.4, 0.5) is 0 Å². The number of carbonyl (C=O) groups is 1. The first-order valence-electron chi connectivity index (χ1n) is 5.92. The van der Waals surface area contributed by atoms with Gasteiger partial charge in [-0.3, -0.25) is 4.79 Å². The van der Waals surface area contributed by atoms with E-state index in [1.807, 2.05) is 13.8 Å². The van der Waals surface area contributed by atoms with Gasteiger partial charge in [0.25, 0.3) is 0 Å². The first-order valence-corrected chi connectivity index (χ1v) is 5.92. The summed E-state index contributed by atoms with van der Waals surface area (Å²) in [7, 11) is 0. The third-order valence-electron chi connectivity index (χ3n) is 3.10. The SMILES string of the molecule is CC1(C)C=C(C(=O)NCCCN)C(C)(C)N1[O-]. The summed E-state index contributed by atoms with van der Waals surface area (Å²) in [5.41, 5.74) is 4.48. The van der Waals surface area contributed by atoms with Crippen molar-refractivity contribution in [2.24, 2.45) is 5.73 Å². The maximum absolute atomic E-state index is 12.1. The van der Waals surface area contributed by atoms with Gasteiger partial charge < -0.3 is 21.3 Å². The normalized spacial score (nSPS) is 22.4. The van der Waals surface area contributed by atoms with Gasteiger partial charge in [-0.1, -0.05) is 6.08 Å². The van der Waals surface area contributed by atoms with Crippen molar-refractivity contribution in [1.82, 2.24) is 10.4 Å². The second-order valence-corrected chi connectivity index (χ2v) is 5.46. The Morgan fingerprint density at radius 2 is 2.06 bits per heavy atom. The van der Waals surface area contributed by atoms with Crippen LogP contribution >= 0.6 is 0 Å². The van der Waals surface area contributed by atoms with E-state index in [4.69, 9.17) is 5.73 Å². The van der Waals surface area contributed by atoms with Gasteiger partial charge >= 0.3 is 0 Å². The van der Waals surface area contributed by atoms with Crippen LogP contribution in [0, 0.1) is 5.21 Å². The highest BCUT2D eigenvalue weighted by atomic mass is 16.5. The van der Waals surface area contributed by atoms with Gasteiger partial charge in [-0.15, -0.1) is 0 Å². The molecule has 0 radical (unpaired) electrons. The van der Waals surface area contributed by atoms with Crippen LogP contribution in [-0.2, 0) is 4.79 Å². The van der Waals surface area contributed by atoms with Crippen LogP contribution in [0.3, 0.4) is 0 Å². The summed E-state index contributed by atoms with van der Waals surface area (Å²) >= 11 is 0. The number of amides is 1. The molecule has 5 heteroatoms. The third-order valence-corrected chi connectivity index (χ3v) is 3.10. The molecule has 1 heterocycles. The van der Waals surface area contributed by atoms with Crippen LogP contribution in [0.5, 0.6) is 0 Å². The minimum Gasteiger partial charge on any atom is -0.784 e. The maximum atomic E-state index is 12.1. The van der Waals surface area contributed by atoms with Gasteiger partial charge in [0.1, 0.15) is 0 Å². The molecule has 1 rings (SSSR count). The number of hydrogen-bond acceptors (Lipinski definition) is 4. The van der Waals surface area contributed by atoms with Crippen molar-refractivity contribution >= 4 is 5.91 Å². The fraction of sp³-hybridized carbons (Fsp3) is 0.750. The van der Waals surface area contributed by atoms with E-state index in [1.54, 1.807) is 19.9 Å². The predicted octanol–water partition coefficient (Wildman–Crippen LogP) is 0.748. The molecule has 0 saturated carbocycles. The number of rotatable bonds is 4. The summed E-state index contributed by atoms with van der Waals surface area (Å²) in [6.07, 6.45) is 2.49. The Bertz CT molecular complexity index is 335. The van der Waals surface area contributed by atoms with Crippen LogP contribution in [0.2, 0.25) is 0 Å². The fourth-order valence-electron chi connectivity index (χ4n) is 2.16. The molecule has 1 amide bonds.